The topological polar surface area (TPSA) is 52.2 Å². The third kappa shape index (κ3) is 9.21. The Morgan fingerprint density at radius 3 is 2.38 bits per heavy atom. The standard InChI is InChI=1S/C4H9NO2.ClH/c1-2-5-3-4(6)7;/h5H,2-3H2,1H3,(H,6,7);1H/p-1. The van der Waals surface area contributed by atoms with Crippen LogP contribution in [0.25, 0.3) is 0 Å². The second kappa shape index (κ2) is 6.72. The van der Waals surface area contributed by atoms with Gasteiger partial charge in [0.25, 0.3) is 0 Å². The van der Waals surface area contributed by atoms with Crippen LogP contribution in [-0.4, -0.2) is 19.1 Å². The molecule has 0 saturated heterocycles. The van der Waals surface area contributed by atoms with Crippen molar-refractivity contribution in [2.24, 2.45) is 0 Å². The highest BCUT2D eigenvalue weighted by atomic mass is 35.5. The van der Waals surface area contributed by atoms with E-state index < -0.39 is 5.97 Å². The summed E-state index contributed by atoms with van der Waals surface area (Å²) in [5.41, 5.74) is 0. The lowest BCUT2D eigenvalue weighted by atomic mass is 10.6. The van der Waals surface area contributed by atoms with Gasteiger partial charge in [-0.2, -0.15) is 0 Å². The first-order valence-corrected chi connectivity index (χ1v) is 2.18. The zero-order chi connectivity index (χ0) is 5.70. The first kappa shape index (κ1) is 10.7. The van der Waals surface area contributed by atoms with Crippen LogP contribution in [0.2, 0.25) is 0 Å². The van der Waals surface area contributed by atoms with Crippen molar-refractivity contribution >= 4 is 18.4 Å². The lowest BCUT2D eigenvalue weighted by molar-refractivity contribution is -0.304. The van der Waals surface area contributed by atoms with E-state index in [1.54, 1.807) is 0 Å². The Labute approximate surface area is 54.5 Å². The summed E-state index contributed by atoms with van der Waals surface area (Å²) in [6.45, 7) is 2.47. The van der Waals surface area contributed by atoms with E-state index in [1.165, 1.54) is 0 Å². The van der Waals surface area contributed by atoms with E-state index in [2.05, 4.69) is 5.32 Å². The molecule has 50 valence electrons. The van der Waals surface area contributed by atoms with Crippen molar-refractivity contribution < 1.29 is 9.90 Å². The number of carboxylic acid groups (broad SMARTS) is 1. The molecule has 0 unspecified atom stereocenters. The van der Waals surface area contributed by atoms with Gasteiger partial charge < -0.3 is 15.2 Å². The van der Waals surface area contributed by atoms with Crippen molar-refractivity contribution in [1.82, 2.24) is 5.32 Å². The van der Waals surface area contributed by atoms with Crippen molar-refractivity contribution in [3.05, 3.63) is 0 Å². The lowest BCUT2D eigenvalue weighted by Crippen LogP contribution is -2.34. The number of rotatable bonds is 3. The molecule has 0 atom stereocenters. The first-order valence-electron chi connectivity index (χ1n) is 2.18. The second-order valence-electron chi connectivity index (χ2n) is 1.15. The summed E-state index contributed by atoms with van der Waals surface area (Å²) in [5, 5.41) is 12.2. The van der Waals surface area contributed by atoms with E-state index >= 15 is 0 Å². The van der Waals surface area contributed by atoms with E-state index in [1.807, 2.05) is 6.92 Å². The highest BCUT2D eigenvalue weighted by Crippen LogP contribution is 1.51. The molecule has 0 aliphatic heterocycles. The fourth-order valence-electron chi connectivity index (χ4n) is 0.227. The van der Waals surface area contributed by atoms with Gasteiger partial charge in [0.1, 0.15) is 0 Å². The van der Waals surface area contributed by atoms with Crippen LogP contribution in [0.4, 0.5) is 0 Å². The molecule has 0 bridgehead atoms. The maximum Gasteiger partial charge on any atom is 0.0552 e. The number of carbonyl (C=O) groups is 1. The molecule has 0 fully saturated rings. The third-order valence-corrected chi connectivity index (χ3v) is 0.519. The molecule has 0 spiro atoms. The maximum atomic E-state index is 9.58. The molecule has 0 aliphatic rings. The van der Waals surface area contributed by atoms with Crippen molar-refractivity contribution in [3.8, 4) is 0 Å². The predicted molar refractivity (Wildman–Crippen MR) is 30.8 cm³/mol. The predicted octanol–water partition coefficient (Wildman–Crippen LogP) is -1.23. The summed E-state index contributed by atoms with van der Waals surface area (Å²) in [6.07, 6.45) is 0. The van der Waals surface area contributed by atoms with E-state index in [0.29, 0.717) is 6.54 Å². The fourth-order valence-corrected chi connectivity index (χ4v) is 0.227. The zero-order valence-electron chi connectivity index (χ0n) is 4.64. The minimum absolute atomic E-state index is 0. The smallest absolute Gasteiger partial charge is 0.0552 e. The fraction of sp³-hybridized carbons (Fsp3) is 0.750. The summed E-state index contributed by atoms with van der Waals surface area (Å²) in [6, 6.07) is 0. The number of hydrogen-bond acceptors (Lipinski definition) is 3. The number of halogens is 1. The summed E-state index contributed by atoms with van der Waals surface area (Å²) in [4.78, 5) is 9.58. The van der Waals surface area contributed by atoms with E-state index in [4.69, 9.17) is 0 Å². The average molecular weight is 139 g/mol. The highest BCUT2D eigenvalue weighted by molar-refractivity contribution is 5.85. The van der Waals surface area contributed by atoms with Crippen LogP contribution in [0.15, 0.2) is 0 Å². The minimum atomic E-state index is -1.05. The van der Waals surface area contributed by atoms with Crippen molar-refractivity contribution in [3.63, 3.8) is 0 Å². The second-order valence-corrected chi connectivity index (χ2v) is 1.15. The van der Waals surface area contributed by atoms with Gasteiger partial charge in [-0.05, 0) is 6.54 Å². The Kier molecular flexibility index (Phi) is 8.95. The van der Waals surface area contributed by atoms with Gasteiger partial charge in [0.15, 0.2) is 0 Å². The van der Waals surface area contributed by atoms with Crippen LogP contribution in [0.1, 0.15) is 6.92 Å². The molecule has 8 heavy (non-hydrogen) atoms. The molecule has 0 aromatic rings. The van der Waals surface area contributed by atoms with Gasteiger partial charge in [0.05, 0.1) is 5.97 Å². The molecule has 0 saturated carbocycles. The molecule has 3 nitrogen and oxygen atoms in total. The third-order valence-electron chi connectivity index (χ3n) is 0.519. The lowest BCUT2D eigenvalue weighted by Gasteiger charge is -1.98. The normalized spacial score (nSPS) is 7.62. The maximum absolute atomic E-state index is 9.58. The first-order chi connectivity index (χ1) is 3.27. The Morgan fingerprint density at radius 1 is 1.75 bits per heavy atom. The summed E-state index contributed by atoms with van der Waals surface area (Å²) in [5.74, 6) is -1.05. The molecular formula is C4H9ClNO2-. The van der Waals surface area contributed by atoms with E-state index in [-0.39, 0.29) is 19.0 Å². The van der Waals surface area contributed by atoms with Gasteiger partial charge in [-0.3, -0.25) is 0 Å². The van der Waals surface area contributed by atoms with Gasteiger partial charge in [-0.1, -0.05) is 6.92 Å². The Morgan fingerprint density at radius 2 is 2.25 bits per heavy atom. The van der Waals surface area contributed by atoms with Gasteiger partial charge in [-0.15, -0.1) is 12.4 Å². The van der Waals surface area contributed by atoms with Crippen LogP contribution in [0.3, 0.4) is 0 Å². The monoisotopic (exact) mass is 138 g/mol. The molecule has 0 aromatic carbocycles. The van der Waals surface area contributed by atoms with E-state index in [0.717, 1.165) is 0 Å². The Bertz CT molecular complexity index is 67.1. The van der Waals surface area contributed by atoms with E-state index in [9.17, 15) is 9.90 Å². The molecular weight excluding hydrogens is 130 g/mol. The molecule has 0 heterocycles. The van der Waals surface area contributed by atoms with Crippen molar-refractivity contribution in [2.75, 3.05) is 13.1 Å². The molecule has 0 rings (SSSR count). The zero-order valence-corrected chi connectivity index (χ0v) is 5.46. The van der Waals surface area contributed by atoms with Gasteiger partial charge in [0.2, 0.25) is 0 Å². The number of aliphatic carboxylic acids is 1. The SMILES string of the molecule is CCNCC(=O)[O-].Cl. The molecule has 0 radical (unpaired) electrons. The van der Waals surface area contributed by atoms with Gasteiger partial charge in [0, 0.05) is 6.54 Å². The molecule has 0 amide bonds. The number of likely N-dealkylation sites (N-methyl/N-ethyl adjacent to an activating group) is 1. The molecule has 4 heteroatoms. The van der Waals surface area contributed by atoms with Crippen LogP contribution in [0, 0.1) is 0 Å². The van der Waals surface area contributed by atoms with Crippen LogP contribution < -0.4 is 10.4 Å². The minimum Gasteiger partial charge on any atom is -0.549 e. The average Bonchev–Trinajstić information content (AvgIpc) is 1.61. The van der Waals surface area contributed by atoms with Crippen LogP contribution in [-0.2, 0) is 4.79 Å². The highest BCUT2D eigenvalue weighted by Gasteiger charge is 1.77. The Hall–Kier alpha value is -0.280. The summed E-state index contributed by atoms with van der Waals surface area (Å²) >= 11 is 0. The van der Waals surface area contributed by atoms with Crippen LogP contribution >= 0.6 is 12.4 Å². The summed E-state index contributed by atoms with van der Waals surface area (Å²) in [7, 11) is 0. The largest absolute Gasteiger partial charge is 0.549 e. The number of nitrogens with one attached hydrogen (secondary N) is 1. The number of carbonyl (C=O) groups excluding carboxylic acids is 1. The number of carboxylic acids is 1. The van der Waals surface area contributed by atoms with Gasteiger partial charge >= 0.3 is 0 Å². The molecule has 0 aromatic heterocycles. The van der Waals surface area contributed by atoms with Gasteiger partial charge in [-0.25, -0.2) is 0 Å². The van der Waals surface area contributed by atoms with Crippen LogP contribution in [0.5, 0.6) is 0 Å². The molecule has 1 N–H and O–H groups in total. The Balaban J connectivity index is 0. The van der Waals surface area contributed by atoms with Crippen molar-refractivity contribution in [1.29, 1.82) is 0 Å². The number of hydrogen-bond donors (Lipinski definition) is 1. The molecule has 0 aliphatic carbocycles. The quantitative estimate of drug-likeness (QED) is 0.531. The summed E-state index contributed by atoms with van der Waals surface area (Å²) < 4.78 is 0. The van der Waals surface area contributed by atoms with Crippen molar-refractivity contribution in [2.45, 2.75) is 6.92 Å².